The average molecular weight is 392 g/mol. The summed E-state index contributed by atoms with van der Waals surface area (Å²) >= 11 is 0. The molecule has 0 spiro atoms. The van der Waals surface area contributed by atoms with Crippen molar-refractivity contribution in [2.45, 2.75) is 13.0 Å². The number of carbonyl (C=O) groups is 2. The molecule has 29 heavy (non-hydrogen) atoms. The van der Waals surface area contributed by atoms with E-state index in [9.17, 15) is 19.2 Å². The van der Waals surface area contributed by atoms with Gasteiger partial charge in [0.05, 0.1) is 22.2 Å². The summed E-state index contributed by atoms with van der Waals surface area (Å²) in [4.78, 5) is 51.0. The molecule has 2 aromatic carbocycles. The SMILES string of the molecule is C=CCNC(=O)c1ccccc1NC(=O)CCn1c(=O)[nH]c(=O)c2ccccc21. The monoisotopic (exact) mass is 392 g/mol. The van der Waals surface area contributed by atoms with Crippen molar-refractivity contribution >= 4 is 28.4 Å². The van der Waals surface area contributed by atoms with Gasteiger partial charge in [-0.1, -0.05) is 30.3 Å². The van der Waals surface area contributed by atoms with Crippen LogP contribution in [0.2, 0.25) is 0 Å². The van der Waals surface area contributed by atoms with Crippen LogP contribution in [0.25, 0.3) is 10.9 Å². The lowest BCUT2D eigenvalue weighted by atomic mass is 10.1. The maximum Gasteiger partial charge on any atom is 0.328 e. The Morgan fingerprint density at radius 2 is 1.79 bits per heavy atom. The van der Waals surface area contributed by atoms with Crippen molar-refractivity contribution in [1.82, 2.24) is 14.9 Å². The normalized spacial score (nSPS) is 10.5. The van der Waals surface area contributed by atoms with Crippen LogP contribution >= 0.6 is 0 Å². The van der Waals surface area contributed by atoms with Crippen molar-refractivity contribution < 1.29 is 9.59 Å². The van der Waals surface area contributed by atoms with Crippen LogP contribution in [0.3, 0.4) is 0 Å². The molecular formula is C21H20N4O4. The third-order valence-corrected chi connectivity index (χ3v) is 4.32. The van der Waals surface area contributed by atoms with Crippen LogP contribution < -0.4 is 21.9 Å². The number of aryl methyl sites for hydroxylation is 1. The highest BCUT2D eigenvalue weighted by atomic mass is 16.2. The van der Waals surface area contributed by atoms with Crippen molar-refractivity contribution in [1.29, 1.82) is 0 Å². The lowest BCUT2D eigenvalue weighted by Gasteiger charge is -2.12. The van der Waals surface area contributed by atoms with E-state index in [0.29, 0.717) is 28.7 Å². The highest BCUT2D eigenvalue weighted by molar-refractivity contribution is 6.03. The molecule has 0 saturated carbocycles. The maximum atomic E-state index is 12.4. The molecule has 0 aliphatic carbocycles. The Morgan fingerprint density at radius 3 is 2.59 bits per heavy atom. The molecule has 0 atom stereocenters. The number of aromatic nitrogens is 2. The van der Waals surface area contributed by atoms with Gasteiger partial charge in [0.25, 0.3) is 11.5 Å². The molecule has 8 nitrogen and oxygen atoms in total. The number of amides is 2. The summed E-state index contributed by atoms with van der Waals surface area (Å²) in [7, 11) is 0. The number of rotatable bonds is 7. The number of para-hydroxylation sites is 2. The lowest BCUT2D eigenvalue weighted by Crippen LogP contribution is -2.31. The number of carbonyl (C=O) groups excluding carboxylic acids is 2. The standard InChI is InChI=1S/C21H20N4O4/c1-2-12-22-19(27)14-7-3-5-9-16(14)23-18(26)11-13-25-17-10-6-4-8-15(17)20(28)24-21(25)29/h2-10H,1,11-13H2,(H,22,27)(H,23,26)(H,24,28,29). The first-order chi connectivity index (χ1) is 14.0. The Morgan fingerprint density at radius 1 is 1.07 bits per heavy atom. The van der Waals surface area contributed by atoms with E-state index >= 15 is 0 Å². The van der Waals surface area contributed by atoms with Crippen molar-refractivity contribution in [2.24, 2.45) is 0 Å². The summed E-state index contributed by atoms with van der Waals surface area (Å²) in [5.74, 6) is -0.695. The van der Waals surface area contributed by atoms with Gasteiger partial charge in [-0.05, 0) is 24.3 Å². The van der Waals surface area contributed by atoms with Crippen LogP contribution in [0.5, 0.6) is 0 Å². The summed E-state index contributed by atoms with van der Waals surface area (Å²) in [5.41, 5.74) is 0.113. The van der Waals surface area contributed by atoms with Gasteiger partial charge in [0.2, 0.25) is 5.91 Å². The molecule has 0 aliphatic rings. The summed E-state index contributed by atoms with van der Waals surface area (Å²) in [5, 5.41) is 5.74. The third kappa shape index (κ3) is 4.49. The first-order valence-corrected chi connectivity index (χ1v) is 9.01. The minimum Gasteiger partial charge on any atom is -0.349 e. The largest absolute Gasteiger partial charge is 0.349 e. The zero-order valence-electron chi connectivity index (χ0n) is 15.6. The maximum absolute atomic E-state index is 12.4. The van der Waals surface area contributed by atoms with E-state index < -0.39 is 11.2 Å². The molecule has 3 N–H and O–H groups in total. The Balaban J connectivity index is 1.76. The first kappa shape index (κ1) is 19.8. The van der Waals surface area contributed by atoms with Crippen molar-refractivity contribution in [3.63, 3.8) is 0 Å². The molecule has 8 heteroatoms. The fraction of sp³-hybridized carbons (Fsp3) is 0.143. The second-order valence-electron chi connectivity index (χ2n) is 6.27. The Hall–Kier alpha value is -3.94. The van der Waals surface area contributed by atoms with Gasteiger partial charge >= 0.3 is 5.69 Å². The van der Waals surface area contributed by atoms with E-state index in [2.05, 4.69) is 22.2 Å². The van der Waals surface area contributed by atoms with Crippen molar-refractivity contribution in [3.05, 3.63) is 87.6 Å². The molecule has 0 fully saturated rings. The predicted octanol–water partition coefficient (Wildman–Crippen LogP) is 1.63. The average Bonchev–Trinajstić information content (AvgIpc) is 2.72. The number of H-pyrrole nitrogens is 1. The number of benzene rings is 2. The Labute approximate surface area is 165 Å². The van der Waals surface area contributed by atoms with Crippen LogP contribution in [0.4, 0.5) is 5.69 Å². The number of hydrogen-bond donors (Lipinski definition) is 3. The van der Waals surface area contributed by atoms with E-state index in [0.717, 1.165) is 0 Å². The summed E-state index contributed by atoms with van der Waals surface area (Å²) in [6.07, 6.45) is 1.55. The summed E-state index contributed by atoms with van der Waals surface area (Å²) < 4.78 is 1.35. The van der Waals surface area contributed by atoms with Crippen LogP contribution in [0, 0.1) is 0 Å². The Bertz CT molecular complexity index is 1190. The molecule has 148 valence electrons. The zero-order valence-corrected chi connectivity index (χ0v) is 15.6. The van der Waals surface area contributed by atoms with E-state index in [4.69, 9.17) is 0 Å². The van der Waals surface area contributed by atoms with Gasteiger partial charge in [0, 0.05) is 19.5 Å². The molecule has 3 rings (SSSR count). The number of hydrogen-bond acceptors (Lipinski definition) is 4. The molecule has 1 aromatic heterocycles. The van der Waals surface area contributed by atoms with E-state index in [1.54, 1.807) is 54.6 Å². The zero-order chi connectivity index (χ0) is 20.8. The highest BCUT2D eigenvalue weighted by Crippen LogP contribution is 2.15. The number of nitrogens with zero attached hydrogens (tertiary/aromatic N) is 1. The van der Waals surface area contributed by atoms with Gasteiger partial charge in [-0.2, -0.15) is 0 Å². The molecule has 0 unspecified atom stereocenters. The summed E-state index contributed by atoms with van der Waals surface area (Å²) in [6, 6.07) is 13.3. The second-order valence-corrected chi connectivity index (χ2v) is 6.27. The van der Waals surface area contributed by atoms with Gasteiger partial charge in [-0.3, -0.25) is 23.9 Å². The van der Waals surface area contributed by atoms with Crippen LogP contribution in [0.15, 0.2) is 70.8 Å². The first-order valence-electron chi connectivity index (χ1n) is 9.01. The van der Waals surface area contributed by atoms with Gasteiger partial charge in [-0.25, -0.2) is 4.79 Å². The van der Waals surface area contributed by atoms with Gasteiger partial charge in [0.1, 0.15) is 0 Å². The fourth-order valence-electron chi connectivity index (χ4n) is 2.94. The molecule has 1 heterocycles. The summed E-state index contributed by atoms with van der Waals surface area (Å²) in [6.45, 7) is 3.93. The fourth-order valence-corrected chi connectivity index (χ4v) is 2.94. The second kappa shape index (κ2) is 8.83. The highest BCUT2D eigenvalue weighted by Gasteiger charge is 2.13. The molecule has 0 aliphatic heterocycles. The lowest BCUT2D eigenvalue weighted by molar-refractivity contribution is -0.116. The number of nitrogens with one attached hydrogen (secondary N) is 3. The minimum absolute atomic E-state index is 0.0153. The smallest absolute Gasteiger partial charge is 0.328 e. The van der Waals surface area contributed by atoms with Crippen LogP contribution in [-0.2, 0) is 11.3 Å². The van der Waals surface area contributed by atoms with Crippen molar-refractivity contribution in [3.8, 4) is 0 Å². The number of aromatic amines is 1. The van der Waals surface area contributed by atoms with Crippen molar-refractivity contribution in [2.75, 3.05) is 11.9 Å². The number of anilines is 1. The third-order valence-electron chi connectivity index (χ3n) is 4.32. The van der Waals surface area contributed by atoms with Crippen LogP contribution in [0.1, 0.15) is 16.8 Å². The molecule has 0 bridgehead atoms. The molecule has 0 radical (unpaired) electrons. The van der Waals surface area contributed by atoms with Crippen LogP contribution in [-0.4, -0.2) is 27.9 Å². The quantitative estimate of drug-likeness (QED) is 0.531. The molecule has 0 saturated heterocycles. The Kier molecular flexibility index (Phi) is 6.03. The molecule has 3 aromatic rings. The molecular weight excluding hydrogens is 372 g/mol. The van der Waals surface area contributed by atoms with Gasteiger partial charge < -0.3 is 10.6 Å². The predicted molar refractivity (Wildman–Crippen MR) is 111 cm³/mol. The van der Waals surface area contributed by atoms with Gasteiger partial charge in [0.15, 0.2) is 0 Å². The minimum atomic E-state index is -0.578. The topological polar surface area (TPSA) is 113 Å². The number of fused-ring (bicyclic) bond motifs is 1. The van der Waals surface area contributed by atoms with E-state index in [1.807, 2.05) is 0 Å². The van der Waals surface area contributed by atoms with Gasteiger partial charge in [-0.15, -0.1) is 6.58 Å². The van der Waals surface area contributed by atoms with E-state index in [-0.39, 0.29) is 24.8 Å². The van der Waals surface area contributed by atoms with E-state index in [1.165, 1.54) is 4.57 Å². The molecule has 2 amide bonds.